The average Bonchev–Trinajstić information content (AvgIpc) is 2.45. The maximum absolute atomic E-state index is 2.25. The molecule has 0 heteroatoms. The summed E-state index contributed by atoms with van der Waals surface area (Å²) >= 11 is 0. The number of benzene rings is 2. The summed E-state index contributed by atoms with van der Waals surface area (Å²) in [4.78, 5) is 0. The summed E-state index contributed by atoms with van der Waals surface area (Å²) in [5.41, 5.74) is 4.10. The van der Waals surface area contributed by atoms with Crippen LogP contribution in [0.4, 0.5) is 0 Å². The van der Waals surface area contributed by atoms with E-state index in [0.29, 0.717) is 0 Å². The molecule has 0 aliphatic carbocycles. The molecule has 2 rings (SSSR count). The Balaban J connectivity index is 0. The molecule has 108 valence electrons. The molecule has 0 saturated carbocycles. The number of fused-ring (bicyclic) bond motifs is 1. The van der Waals surface area contributed by atoms with E-state index in [1.54, 1.807) is 0 Å². The summed E-state index contributed by atoms with van der Waals surface area (Å²) in [6.07, 6.45) is 0. The molecule has 2 aromatic rings. The monoisotopic (exact) mass is 260 g/mol. The zero-order valence-corrected chi connectivity index (χ0v) is 14.4. The summed E-state index contributed by atoms with van der Waals surface area (Å²) in [7, 11) is 0. The second-order valence-electron chi connectivity index (χ2n) is 3.75. The van der Waals surface area contributed by atoms with E-state index in [-0.39, 0.29) is 0 Å². The Hall–Kier alpha value is -1.30. The predicted molar refractivity (Wildman–Crippen MR) is 92.2 cm³/mol. The van der Waals surface area contributed by atoms with Crippen molar-refractivity contribution in [3.05, 3.63) is 47.0 Å². The third kappa shape index (κ3) is 5.92. The van der Waals surface area contributed by atoms with Crippen LogP contribution in [-0.2, 0) is 0 Å². The van der Waals surface area contributed by atoms with E-state index in [1.165, 1.54) is 27.5 Å². The lowest BCUT2D eigenvalue weighted by Gasteiger charge is -2.06. The van der Waals surface area contributed by atoms with Crippen molar-refractivity contribution in [3.8, 4) is 0 Å². The van der Waals surface area contributed by atoms with Crippen LogP contribution in [0.1, 0.15) is 58.2 Å². The van der Waals surface area contributed by atoms with Gasteiger partial charge in [0.1, 0.15) is 0 Å². The lowest BCUT2D eigenvalue weighted by Crippen LogP contribution is -1.84. The molecule has 0 fully saturated rings. The number of aryl methyl sites for hydroxylation is 3. The number of hydrogen-bond donors (Lipinski definition) is 0. The highest BCUT2D eigenvalue weighted by Gasteiger charge is 2.00. The molecule has 0 spiro atoms. The Kier molecular flexibility index (Phi) is 12.4. The summed E-state index contributed by atoms with van der Waals surface area (Å²) in [6, 6.07) is 11.0. The van der Waals surface area contributed by atoms with Gasteiger partial charge in [-0.05, 0) is 42.7 Å². The van der Waals surface area contributed by atoms with Gasteiger partial charge in [-0.25, -0.2) is 0 Å². The smallest absolute Gasteiger partial charge is 0.0125 e. The lowest BCUT2D eigenvalue weighted by molar-refractivity contribution is 1.40. The van der Waals surface area contributed by atoms with E-state index in [2.05, 4.69) is 51.1 Å². The SMILES string of the molecule is CC.CC.CC.Cc1cc(C)c2c(C)cccc2c1. The van der Waals surface area contributed by atoms with E-state index in [0.717, 1.165) is 0 Å². The van der Waals surface area contributed by atoms with Crippen molar-refractivity contribution in [2.45, 2.75) is 62.3 Å². The fraction of sp³-hybridized carbons (Fsp3) is 0.474. The molecule has 0 radical (unpaired) electrons. The van der Waals surface area contributed by atoms with Gasteiger partial charge in [-0.3, -0.25) is 0 Å². The van der Waals surface area contributed by atoms with Gasteiger partial charge in [-0.15, -0.1) is 0 Å². The minimum Gasteiger partial charge on any atom is -0.0683 e. The molecule has 0 nitrogen and oxygen atoms in total. The van der Waals surface area contributed by atoms with Crippen molar-refractivity contribution < 1.29 is 0 Å². The molecule has 0 amide bonds. The first-order valence-corrected chi connectivity index (χ1v) is 7.65. The van der Waals surface area contributed by atoms with E-state index < -0.39 is 0 Å². The third-order valence-corrected chi connectivity index (χ3v) is 2.53. The second kappa shape index (κ2) is 11.8. The maximum atomic E-state index is 2.25. The van der Waals surface area contributed by atoms with Crippen LogP contribution in [0.5, 0.6) is 0 Å². The minimum atomic E-state index is 1.34. The molecule has 0 unspecified atom stereocenters. The molecule has 0 aliphatic heterocycles. The summed E-state index contributed by atoms with van der Waals surface area (Å²) in [5.74, 6) is 0. The largest absolute Gasteiger partial charge is 0.0683 e. The van der Waals surface area contributed by atoms with Crippen molar-refractivity contribution in [1.82, 2.24) is 0 Å². The first-order valence-electron chi connectivity index (χ1n) is 7.65. The standard InChI is InChI=1S/C13H14.3C2H6/c1-9-7-11(3)13-10(2)5-4-6-12(13)8-9;3*1-2/h4-8H,1-3H3;3*1-2H3. The molecule has 0 bridgehead atoms. The van der Waals surface area contributed by atoms with E-state index in [9.17, 15) is 0 Å². The molecular formula is C19H32. The topological polar surface area (TPSA) is 0 Å². The van der Waals surface area contributed by atoms with Crippen molar-refractivity contribution >= 4 is 10.8 Å². The summed E-state index contributed by atoms with van der Waals surface area (Å²) in [5, 5.41) is 2.77. The molecule has 0 aliphatic rings. The molecule has 0 N–H and O–H groups in total. The van der Waals surface area contributed by atoms with Gasteiger partial charge in [0.2, 0.25) is 0 Å². The van der Waals surface area contributed by atoms with Crippen LogP contribution < -0.4 is 0 Å². The van der Waals surface area contributed by atoms with Crippen molar-refractivity contribution in [3.63, 3.8) is 0 Å². The molecule has 0 aromatic heterocycles. The van der Waals surface area contributed by atoms with E-state index >= 15 is 0 Å². The molecule has 0 atom stereocenters. The fourth-order valence-electron chi connectivity index (χ4n) is 2.05. The van der Waals surface area contributed by atoms with Gasteiger partial charge in [-0.1, -0.05) is 77.4 Å². The van der Waals surface area contributed by atoms with Crippen LogP contribution in [0, 0.1) is 20.8 Å². The van der Waals surface area contributed by atoms with E-state index in [1.807, 2.05) is 41.5 Å². The van der Waals surface area contributed by atoms with Crippen LogP contribution in [0.15, 0.2) is 30.3 Å². The van der Waals surface area contributed by atoms with Gasteiger partial charge >= 0.3 is 0 Å². The van der Waals surface area contributed by atoms with Crippen LogP contribution >= 0.6 is 0 Å². The summed E-state index contributed by atoms with van der Waals surface area (Å²) in [6.45, 7) is 18.5. The Bertz CT molecular complexity index is 453. The number of hydrogen-bond acceptors (Lipinski definition) is 0. The van der Waals surface area contributed by atoms with Crippen LogP contribution in [0.3, 0.4) is 0 Å². The van der Waals surface area contributed by atoms with Gasteiger partial charge < -0.3 is 0 Å². The second-order valence-corrected chi connectivity index (χ2v) is 3.75. The van der Waals surface area contributed by atoms with Gasteiger partial charge in [0.05, 0.1) is 0 Å². The zero-order chi connectivity index (χ0) is 15.4. The van der Waals surface area contributed by atoms with Crippen LogP contribution in [-0.4, -0.2) is 0 Å². The molecular weight excluding hydrogens is 228 g/mol. The predicted octanol–water partition coefficient (Wildman–Crippen LogP) is 6.84. The fourth-order valence-corrected chi connectivity index (χ4v) is 2.05. The molecule has 19 heavy (non-hydrogen) atoms. The van der Waals surface area contributed by atoms with Crippen molar-refractivity contribution in [1.29, 1.82) is 0 Å². The number of rotatable bonds is 0. The lowest BCUT2D eigenvalue weighted by atomic mass is 9.99. The first kappa shape index (κ1) is 20.0. The van der Waals surface area contributed by atoms with Crippen LogP contribution in [0.2, 0.25) is 0 Å². The van der Waals surface area contributed by atoms with Gasteiger partial charge in [0.15, 0.2) is 0 Å². The van der Waals surface area contributed by atoms with Crippen molar-refractivity contribution in [2.75, 3.05) is 0 Å². The highest BCUT2D eigenvalue weighted by Crippen LogP contribution is 2.23. The highest BCUT2D eigenvalue weighted by atomic mass is 14.0. The minimum absolute atomic E-state index is 1.34. The Morgan fingerprint density at radius 1 is 0.632 bits per heavy atom. The van der Waals surface area contributed by atoms with Gasteiger partial charge in [0, 0.05) is 0 Å². The average molecular weight is 260 g/mol. The van der Waals surface area contributed by atoms with Gasteiger partial charge in [-0.2, -0.15) is 0 Å². The van der Waals surface area contributed by atoms with E-state index in [4.69, 9.17) is 0 Å². The quantitative estimate of drug-likeness (QED) is 0.486. The highest BCUT2D eigenvalue weighted by molar-refractivity contribution is 5.89. The molecule has 0 saturated heterocycles. The summed E-state index contributed by atoms with van der Waals surface area (Å²) < 4.78 is 0. The third-order valence-electron chi connectivity index (χ3n) is 2.53. The molecule has 0 heterocycles. The first-order chi connectivity index (χ1) is 9.18. The molecule has 2 aromatic carbocycles. The Morgan fingerprint density at radius 3 is 1.68 bits per heavy atom. The Morgan fingerprint density at radius 2 is 1.16 bits per heavy atom. The maximum Gasteiger partial charge on any atom is -0.0125 e. The van der Waals surface area contributed by atoms with Crippen LogP contribution in [0.25, 0.3) is 10.8 Å². The van der Waals surface area contributed by atoms with Gasteiger partial charge in [0.25, 0.3) is 0 Å². The zero-order valence-electron chi connectivity index (χ0n) is 14.4. The normalized spacial score (nSPS) is 8.26. The van der Waals surface area contributed by atoms with Crippen molar-refractivity contribution in [2.24, 2.45) is 0 Å². The Labute approximate surface area is 120 Å².